The van der Waals surface area contributed by atoms with Gasteiger partial charge in [-0.1, -0.05) is 17.4 Å². The summed E-state index contributed by atoms with van der Waals surface area (Å²) in [6.45, 7) is 6.04. The normalized spacial score (nSPS) is 11.0. The van der Waals surface area contributed by atoms with Crippen LogP contribution in [0, 0.1) is 20.8 Å². The molecule has 0 aliphatic heterocycles. The van der Waals surface area contributed by atoms with Crippen LogP contribution in [0.3, 0.4) is 0 Å². The van der Waals surface area contributed by atoms with Gasteiger partial charge in [0.2, 0.25) is 5.91 Å². The van der Waals surface area contributed by atoms with Crippen molar-refractivity contribution >= 4 is 43.9 Å². The third-order valence-electron chi connectivity index (χ3n) is 3.08. The second-order valence-corrected chi connectivity index (χ2v) is 7.12. The average Bonchev–Trinajstić information content (AvgIpc) is 2.95. The minimum absolute atomic E-state index is 0.0752. The zero-order valence-electron chi connectivity index (χ0n) is 12.1. The number of rotatable bonds is 3. The molecular formula is C15H15N3OS2. The van der Waals surface area contributed by atoms with E-state index in [1.807, 2.05) is 19.2 Å². The number of nitrogens with one attached hydrogen (secondary N) is 1. The van der Waals surface area contributed by atoms with Crippen molar-refractivity contribution in [1.29, 1.82) is 0 Å². The molecule has 1 N–H and O–H groups in total. The quantitative estimate of drug-likeness (QED) is 0.798. The minimum atomic E-state index is -0.0752. The molecule has 2 heterocycles. The molecule has 0 saturated carbocycles. The lowest BCUT2D eigenvalue weighted by Crippen LogP contribution is -2.14. The Bertz CT molecular complexity index is 820. The first kappa shape index (κ1) is 14.2. The van der Waals surface area contributed by atoms with Crippen molar-refractivity contribution in [3.8, 4) is 0 Å². The number of aryl methyl sites for hydroxylation is 3. The summed E-state index contributed by atoms with van der Waals surface area (Å²) in [6, 6.07) is 4.20. The maximum absolute atomic E-state index is 12.0. The Morgan fingerprint density at radius 1 is 1.24 bits per heavy atom. The molecule has 0 fully saturated rings. The van der Waals surface area contributed by atoms with Crippen molar-refractivity contribution < 1.29 is 4.79 Å². The van der Waals surface area contributed by atoms with E-state index in [4.69, 9.17) is 0 Å². The Labute approximate surface area is 130 Å². The van der Waals surface area contributed by atoms with Crippen molar-refractivity contribution in [1.82, 2.24) is 9.97 Å². The smallest absolute Gasteiger partial charge is 0.232 e. The van der Waals surface area contributed by atoms with Crippen LogP contribution in [0.5, 0.6) is 0 Å². The predicted octanol–water partition coefficient (Wildman–Crippen LogP) is 3.86. The van der Waals surface area contributed by atoms with Gasteiger partial charge in [-0.05, 0) is 38.0 Å². The lowest BCUT2D eigenvalue weighted by molar-refractivity contribution is -0.115. The van der Waals surface area contributed by atoms with Crippen LogP contribution in [-0.2, 0) is 11.2 Å². The molecule has 1 amide bonds. The molecule has 21 heavy (non-hydrogen) atoms. The van der Waals surface area contributed by atoms with Gasteiger partial charge in [0.25, 0.3) is 0 Å². The Morgan fingerprint density at radius 3 is 2.76 bits per heavy atom. The molecule has 0 aliphatic carbocycles. The number of carbonyl (C=O) groups excluding carboxylic acids is 1. The first-order valence-corrected chi connectivity index (χ1v) is 8.29. The van der Waals surface area contributed by atoms with Crippen LogP contribution in [0.1, 0.15) is 21.8 Å². The molecular weight excluding hydrogens is 302 g/mol. The largest absolute Gasteiger partial charge is 0.302 e. The molecule has 108 valence electrons. The van der Waals surface area contributed by atoms with Crippen LogP contribution in [0.15, 0.2) is 17.5 Å². The van der Waals surface area contributed by atoms with Crippen LogP contribution in [0.2, 0.25) is 0 Å². The number of amides is 1. The number of benzene rings is 1. The van der Waals surface area contributed by atoms with E-state index in [1.54, 1.807) is 11.3 Å². The standard InChI is InChI=1S/C15H15N3OS2/c1-8-4-9(2)14-12(5-8)21-15(18-14)17-13(19)6-11-7-20-10(3)16-11/h4-5,7H,6H2,1-3H3,(H,17,18,19). The van der Waals surface area contributed by atoms with E-state index in [2.05, 4.69) is 34.3 Å². The molecule has 4 nitrogen and oxygen atoms in total. The van der Waals surface area contributed by atoms with Crippen molar-refractivity contribution in [3.05, 3.63) is 39.3 Å². The lowest BCUT2D eigenvalue weighted by atomic mass is 10.1. The van der Waals surface area contributed by atoms with Crippen LogP contribution < -0.4 is 5.32 Å². The van der Waals surface area contributed by atoms with E-state index < -0.39 is 0 Å². The van der Waals surface area contributed by atoms with Gasteiger partial charge in [-0.3, -0.25) is 4.79 Å². The van der Waals surface area contributed by atoms with Crippen molar-refractivity contribution in [2.75, 3.05) is 5.32 Å². The zero-order valence-corrected chi connectivity index (χ0v) is 13.7. The molecule has 0 radical (unpaired) electrons. The van der Waals surface area contributed by atoms with Gasteiger partial charge in [0, 0.05) is 5.38 Å². The molecule has 0 aliphatic rings. The molecule has 0 atom stereocenters. The molecule has 0 spiro atoms. The number of hydrogen-bond acceptors (Lipinski definition) is 5. The van der Waals surface area contributed by atoms with Crippen molar-refractivity contribution in [3.63, 3.8) is 0 Å². The van der Waals surface area contributed by atoms with Gasteiger partial charge < -0.3 is 5.32 Å². The third-order valence-corrected chi connectivity index (χ3v) is 4.82. The number of carbonyl (C=O) groups is 1. The lowest BCUT2D eigenvalue weighted by Gasteiger charge is -1.98. The molecule has 6 heteroatoms. The van der Waals surface area contributed by atoms with Crippen LogP contribution in [-0.4, -0.2) is 15.9 Å². The van der Waals surface area contributed by atoms with Gasteiger partial charge in [0.1, 0.15) is 0 Å². The van der Waals surface area contributed by atoms with E-state index in [0.717, 1.165) is 26.5 Å². The summed E-state index contributed by atoms with van der Waals surface area (Å²) in [6.07, 6.45) is 0.290. The summed E-state index contributed by atoms with van der Waals surface area (Å²) in [7, 11) is 0. The van der Waals surface area contributed by atoms with Crippen molar-refractivity contribution in [2.24, 2.45) is 0 Å². The molecule has 1 aromatic carbocycles. The Balaban J connectivity index is 1.78. The van der Waals surface area contributed by atoms with Gasteiger partial charge in [-0.25, -0.2) is 9.97 Å². The fourth-order valence-corrected chi connectivity index (χ4v) is 3.91. The third kappa shape index (κ3) is 3.11. The van der Waals surface area contributed by atoms with Gasteiger partial charge >= 0.3 is 0 Å². The molecule has 3 rings (SSSR count). The highest BCUT2D eigenvalue weighted by Gasteiger charge is 2.11. The summed E-state index contributed by atoms with van der Waals surface area (Å²) < 4.78 is 1.10. The first-order chi connectivity index (χ1) is 10.0. The van der Waals surface area contributed by atoms with Crippen LogP contribution in [0.4, 0.5) is 5.13 Å². The highest BCUT2D eigenvalue weighted by atomic mass is 32.1. The van der Waals surface area contributed by atoms with E-state index in [9.17, 15) is 4.79 Å². The average molecular weight is 317 g/mol. The number of hydrogen-bond donors (Lipinski definition) is 1. The second kappa shape index (κ2) is 5.54. The number of aromatic nitrogens is 2. The van der Waals surface area contributed by atoms with Gasteiger partial charge in [-0.2, -0.15) is 0 Å². The van der Waals surface area contributed by atoms with Gasteiger partial charge in [0.15, 0.2) is 5.13 Å². The molecule has 0 unspecified atom stereocenters. The first-order valence-electron chi connectivity index (χ1n) is 6.60. The topological polar surface area (TPSA) is 54.9 Å². The molecule has 0 bridgehead atoms. The minimum Gasteiger partial charge on any atom is -0.302 e. The number of thiazole rings is 2. The summed E-state index contributed by atoms with van der Waals surface area (Å²) >= 11 is 3.06. The summed E-state index contributed by atoms with van der Waals surface area (Å²) in [5, 5.41) is 6.41. The molecule has 3 aromatic rings. The number of fused-ring (bicyclic) bond motifs is 1. The number of nitrogens with zero attached hydrogens (tertiary/aromatic N) is 2. The Kier molecular flexibility index (Phi) is 3.73. The number of anilines is 1. The molecule has 2 aromatic heterocycles. The van der Waals surface area contributed by atoms with Crippen LogP contribution >= 0.6 is 22.7 Å². The highest BCUT2D eigenvalue weighted by molar-refractivity contribution is 7.22. The van der Waals surface area contributed by atoms with E-state index in [1.165, 1.54) is 16.9 Å². The SMILES string of the molecule is Cc1cc(C)c2nc(NC(=O)Cc3csc(C)n3)sc2c1. The van der Waals surface area contributed by atoms with Crippen LogP contribution in [0.25, 0.3) is 10.2 Å². The van der Waals surface area contributed by atoms with Crippen molar-refractivity contribution in [2.45, 2.75) is 27.2 Å². The Hall–Kier alpha value is -1.79. The maximum atomic E-state index is 12.0. The predicted molar refractivity (Wildman–Crippen MR) is 88.3 cm³/mol. The summed E-state index contributed by atoms with van der Waals surface area (Å²) in [4.78, 5) is 20.9. The van der Waals surface area contributed by atoms with Gasteiger partial charge in [0.05, 0.1) is 27.3 Å². The highest BCUT2D eigenvalue weighted by Crippen LogP contribution is 2.29. The van der Waals surface area contributed by atoms with E-state index in [0.29, 0.717) is 5.13 Å². The second-order valence-electron chi connectivity index (χ2n) is 5.03. The van der Waals surface area contributed by atoms with E-state index in [-0.39, 0.29) is 12.3 Å². The monoisotopic (exact) mass is 317 g/mol. The van der Waals surface area contributed by atoms with Gasteiger partial charge in [-0.15, -0.1) is 11.3 Å². The maximum Gasteiger partial charge on any atom is 0.232 e. The Morgan fingerprint density at radius 2 is 2.05 bits per heavy atom. The fraction of sp³-hybridized carbons (Fsp3) is 0.267. The van der Waals surface area contributed by atoms with E-state index >= 15 is 0 Å². The zero-order chi connectivity index (χ0) is 15.0. The fourth-order valence-electron chi connectivity index (χ4n) is 2.24. The summed E-state index contributed by atoms with van der Waals surface area (Å²) in [5.74, 6) is -0.0752. The summed E-state index contributed by atoms with van der Waals surface area (Å²) in [5.41, 5.74) is 4.12. The molecule has 0 saturated heterocycles.